The molecule has 0 radical (unpaired) electrons. The standard InChI is InChI=1S/C9H16O6/c1-5-6(10)3-7(11)8(15-5)4-14-9(12)13-2/h5-8,10-11H,3-4H2,1-2H3/t5-,6-,7?,8+/m0/s1. The molecule has 1 heterocycles. The average Bonchev–Trinajstić information content (AvgIpc) is 2.21. The largest absolute Gasteiger partial charge is 0.508 e. The average molecular weight is 220 g/mol. The summed E-state index contributed by atoms with van der Waals surface area (Å²) in [5.74, 6) is 0. The summed E-state index contributed by atoms with van der Waals surface area (Å²) >= 11 is 0. The van der Waals surface area contributed by atoms with E-state index in [2.05, 4.69) is 9.47 Å². The van der Waals surface area contributed by atoms with Crippen LogP contribution in [0.4, 0.5) is 4.79 Å². The summed E-state index contributed by atoms with van der Waals surface area (Å²) < 4.78 is 14.2. The molecule has 0 aromatic heterocycles. The molecule has 1 fully saturated rings. The lowest BCUT2D eigenvalue weighted by atomic mass is 9.99. The van der Waals surface area contributed by atoms with Crippen LogP contribution in [0.5, 0.6) is 0 Å². The maximum atomic E-state index is 10.7. The molecule has 2 N–H and O–H groups in total. The molecule has 0 bridgehead atoms. The van der Waals surface area contributed by atoms with Gasteiger partial charge in [0.05, 0.1) is 25.4 Å². The van der Waals surface area contributed by atoms with Crippen LogP contribution in [0.3, 0.4) is 0 Å². The van der Waals surface area contributed by atoms with Crippen LogP contribution in [0.1, 0.15) is 13.3 Å². The van der Waals surface area contributed by atoms with E-state index < -0.39 is 24.5 Å². The van der Waals surface area contributed by atoms with Crippen molar-refractivity contribution in [2.24, 2.45) is 0 Å². The van der Waals surface area contributed by atoms with Gasteiger partial charge in [0.25, 0.3) is 0 Å². The molecule has 0 aromatic rings. The summed E-state index contributed by atoms with van der Waals surface area (Å²) in [5.41, 5.74) is 0. The Kier molecular flexibility index (Phi) is 4.31. The van der Waals surface area contributed by atoms with Crippen LogP contribution in [0.2, 0.25) is 0 Å². The minimum atomic E-state index is -0.833. The van der Waals surface area contributed by atoms with Gasteiger partial charge >= 0.3 is 6.16 Å². The first-order valence-electron chi connectivity index (χ1n) is 4.77. The van der Waals surface area contributed by atoms with Gasteiger partial charge < -0.3 is 24.4 Å². The highest BCUT2D eigenvalue weighted by molar-refractivity contribution is 5.59. The van der Waals surface area contributed by atoms with E-state index in [9.17, 15) is 15.0 Å². The lowest BCUT2D eigenvalue weighted by Gasteiger charge is -2.35. The molecule has 0 spiro atoms. The molecular weight excluding hydrogens is 204 g/mol. The van der Waals surface area contributed by atoms with Crippen LogP contribution in [0.15, 0.2) is 0 Å². The fraction of sp³-hybridized carbons (Fsp3) is 0.889. The Morgan fingerprint density at radius 1 is 1.47 bits per heavy atom. The molecule has 88 valence electrons. The molecule has 1 aliphatic rings. The predicted octanol–water partition coefficient (Wildman–Crippen LogP) is -0.331. The van der Waals surface area contributed by atoms with Gasteiger partial charge in [-0.25, -0.2) is 4.79 Å². The Morgan fingerprint density at radius 2 is 2.13 bits per heavy atom. The Morgan fingerprint density at radius 3 is 2.73 bits per heavy atom. The summed E-state index contributed by atoms with van der Waals surface area (Å²) in [7, 11) is 1.20. The molecule has 0 aromatic carbocycles. The lowest BCUT2D eigenvalue weighted by Crippen LogP contribution is -2.48. The predicted molar refractivity (Wildman–Crippen MR) is 49.3 cm³/mol. The van der Waals surface area contributed by atoms with Crippen molar-refractivity contribution in [3.63, 3.8) is 0 Å². The van der Waals surface area contributed by atoms with Gasteiger partial charge in [-0.3, -0.25) is 0 Å². The number of carbonyl (C=O) groups excluding carboxylic acids is 1. The molecule has 1 unspecified atom stereocenters. The molecule has 6 heteroatoms. The Labute approximate surface area is 87.7 Å². The Hall–Kier alpha value is -0.850. The summed E-state index contributed by atoms with van der Waals surface area (Å²) in [6.07, 6.45) is -3.10. The molecular formula is C9H16O6. The Bertz CT molecular complexity index is 219. The molecule has 4 atom stereocenters. The van der Waals surface area contributed by atoms with Gasteiger partial charge in [0, 0.05) is 6.42 Å². The number of carbonyl (C=O) groups is 1. The SMILES string of the molecule is COC(=O)OC[C@H]1O[C@@H](C)[C@@H](O)CC1O. The number of ether oxygens (including phenoxy) is 3. The summed E-state index contributed by atoms with van der Waals surface area (Å²) in [6.45, 7) is 1.62. The van der Waals surface area contributed by atoms with E-state index >= 15 is 0 Å². The van der Waals surface area contributed by atoms with Gasteiger partial charge in [0.15, 0.2) is 0 Å². The van der Waals surface area contributed by atoms with E-state index in [-0.39, 0.29) is 19.1 Å². The van der Waals surface area contributed by atoms with Gasteiger partial charge in [0.1, 0.15) is 12.7 Å². The number of hydrogen-bond donors (Lipinski definition) is 2. The zero-order valence-corrected chi connectivity index (χ0v) is 8.75. The molecule has 1 aliphatic heterocycles. The molecule has 0 aliphatic carbocycles. The molecule has 15 heavy (non-hydrogen) atoms. The van der Waals surface area contributed by atoms with E-state index in [1.165, 1.54) is 7.11 Å². The maximum absolute atomic E-state index is 10.7. The highest BCUT2D eigenvalue weighted by Crippen LogP contribution is 2.20. The van der Waals surface area contributed by atoms with Crippen LogP contribution in [0, 0.1) is 0 Å². The number of methoxy groups -OCH3 is 1. The van der Waals surface area contributed by atoms with Crippen LogP contribution >= 0.6 is 0 Å². The van der Waals surface area contributed by atoms with Crippen molar-refractivity contribution in [2.45, 2.75) is 37.8 Å². The number of aliphatic hydroxyl groups is 2. The molecule has 0 saturated carbocycles. The first-order valence-corrected chi connectivity index (χ1v) is 4.77. The number of rotatable bonds is 2. The zero-order valence-electron chi connectivity index (χ0n) is 8.75. The summed E-state index contributed by atoms with van der Waals surface area (Å²) in [5, 5.41) is 18.9. The van der Waals surface area contributed by atoms with E-state index in [0.29, 0.717) is 0 Å². The Balaban J connectivity index is 2.38. The monoisotopic (exact) mass is 220 g/mol. The fourth-order valence-electron chi connectivity index (χ4n) is 1.41. The van der Waals surface area contributed by atoms with Crippen LogP contribution < -0.4 is 0 Å². The first-order chi connectivity index (χ1) is 7.04. The fourth-order valence-corrected chi connectivity index (χ4v) is 1.41. The van der Waals surface area contributed by atoms with Crippen molar-refractivity contribution in [1.82, 2.24) is 0 Å². The highest BCUT2D eigenvalue weighted by Gasteiger charge is 2.34. The lowest BCUT2D eigenvalue weighted by molar-refractivity contribution is -0.174. The first kappa shape index (κ1) is 12.2. The summed E-state index contributed by atoms with van der Waals surface area (Å²) in [4.78, 5) is 10.7. The normalized spacial score (nSPS) is 36.0. The summed E-state index contributed by atoms with van der Waals surface area (Å²) in [6, 6.07) is 0. The van der Waals surface area contributed by atoms with Crippen molar-refractivity contribution < 1.29 is 29.2 Å². The van der Waals surface area contributed by atoms with Gasteiger partial charge in [-0.05, 0) is 6.92 Å². The van der Waals surface area contributed by atoms with Gasteiger partial charge in [0.2, 0.25) is 0 Å². The van der Waals surface area contributed by atoms with Gasteiger partial charge in [-0.15, -0.1) is 0 Å². The van der Waals surface area contributed by atoms with Crippen molar-refractivity contribution in [3.05, 3.63) is 0 Å². The van der Waals surface area contributed by atoms with Gasteiger partial charge in [-0.1, -0.05) is 0 Å². The van der Waals surface area contributed by atoms with Crippen LogP contribution in [-0.4, -0.2) is 54.5 Å². The molecule has 1 saturated heterocycles. The zero-order chi connectivity index (χ0) is 11.4. The van der Waals surface area contributed by atoms with E-state index in [1.54, 1.807) is 6.92 Å². The van der Waals surface area contributed by atoms with E-state index in [0.717, 1.165) is 0 Å². The minimum Gasteiger partial charge on any atom is -0.438 e. The second-order valence-corrected chi connectivity index (χ2v) is 3.52. The molecule has 6 nitrogen and oxygen atoms in total. The third-order valence-corrected chi connectivity index (χ3v) is 2.38. The third-order valence-electron chi connectivity index (χ3n) is 2.38. The molecule has 1 rings (SSSR count). The number of hydrogen-bond acceptors (Lipinski definition) is 6. The third kappa shape index (κ3) is 3.33. The van der Waals surface area contributed by atoms with Crippen molar-refractivity contribution in [1.29, 1.82) is 0 Å². The van der Waals surface area contributed by atoms with E-state index in [1.807, 2.05) is 0 Å². The van der Waals surface area contributed by atoms with Crippen molar-refractivity contribution in [2.75, 3.05) is 13.7 Å². The highest BCUT2D eigenvalue weighted by atomic mass is 16.7. The van der Waals surface area contributed by atoms with Gasteiger partial charge in [-0.2, -0.15) is 0 Å². The van der Waals surface area contributed by atoms with Crippen LogP contribution in [-0.2, 0) is 14.2 Å². The van der Waals surface area contributed by atoms with Crippen molar-refractivity contribution in [3.8, 4) is 0 Å². The smallest absolute Gasteiger partial charge is 0.438 e. The second kappa shape index (κ2) is 5.29. The van der Waals surface area contributed by atoms with Crippen molar-refractivity contribution >= 4 is 6.16 Å². The van der Waals surface area contributed by atoms with Crippen LogP contribution in [0.25, 0.3) is 0 Å². The maximum Gasteiger partial charge on any atom is 0.508 e. The number of aliphatic hydroxyl groups excluding tert-OH is 2. The minimum absolute atomic E-state index is 0.0785. The second-order valence-electron chi connectivity index (χ2n) is 3.52. The molecule has 0 amide bonds. The quantitative estimate of drug-likeness (QED) is 0.620. The topological polar surface area (TPSA) is 85.2 Å². The van der Waals surface area contributed by atoms with E-state index in [4.69, 9.17) is 4.74 Å².